The van der Waals surface area contributed by atoms with Gasteiger partial charge in [-0.15, -0.1) is 0 Å². The molecule has 0 saturated carbocycles. The number of carbonyl (C=O) groups is 1. The summed E-state index contributed by atoms with van der Waals surface area (Å²) < 4.78 is 5.34. The summed E-state index contributed by atoms with van der Waals surface area (Å²) in [7, 11) is 0. The molecule has 0 aliphatic carbocycles. The smallest absolute Gasteiger partial charge is 0.270 e. The van der Waals surface area contributed by atoms with Crippen LogP contribution in [0.15, 0.2) is 18.3 Å². The maximum atomic E-state index is 11.9. The highest BCUT2D eigenvalue weighted by atomic mass is 16.5. The van der Waals surface area contributed by atoms with Crippen LogP contribution >= 0.6 is 0 Å². The van der Waals surface area contributed by atoms with Gasteiger partial charge in [-0.05, 0) is 32.9 Å². The minimum Gasteiger partial charge on any atom is -0.385 e. The number of carbonyl (C=O) groups excluding carboxylic acids is 1. The van der Waals surface area contributed by atoms with E-state index in [1.54, 1.807) is 12.3 Å². The molecule has 1 aromatic heterocycles. The Hall–Kier alpha value is -1.62. The van der Waals surface area contributed by atoms with Gasteiger partial charge < -0.3 is 15.4 Å². The molecule has 0 radical (unpaired) electrons. The van der Waals surface area contributed by atoms with Gasteiger partial charge in [0, 0.05) is 31.6 Å². The summed E-state index contributed by atoms with van der Waals surface area (Å²) in [6.45, 7) is 7.80. The molecule has 2 N–H and O–H groups in total. The Morgan fingerprint density at radius 3 is 2.94 bits per heavy atom. The normalized spacial score (nSPS) is 11.9. The number of nitrogens with zero attached hydrogens (tertiary/aromatic N) is 1. The molecule has 0 saturated heterocycles. The molecule has 0 aliphatic rings. The molecule has 1 amide bonds. The van der Waals surface area contributed by atoms with E-state index >= 15 is 0 Å². The Balaban J connectivity index is 2.53. The summed E-state index contributed by atoms with van der Waals surface area (Å²) in [6, 6.07) is 3.58. The van der Waals surface area contributed by atoms with E-state index in [0.717, 1.165) is 12.2 Å². The van der Waals surface area contributed by atoms with Crippen LogP contribution in [0.5, 0.6) is 0 Å². The third-order valence-electron chi connectivity index (χ3n) is 2.37. The first kappa shape index (κ1) is 14.4. The summed E-state index contributed by atoms with van der Waals surface area (Å²) in [6.07, 6.45) is 1.63. The van der Waals surface area contributed by atoms with E-state index in [1.165, 1.54) is 0 Å². The van der Waals surface area contributed by atoms with Gasteiger partial charge in [-0.1, -0.05) is 0 Å². The highest BCUT2D eigenvalue weighted by Gasteiger charge is 2.09. The molecule has 5 heteroatoms. The van der Waals surface area contributed by atoms with Crippen molar-refractivity contribution in [3.8, 4) is 0 Å². The van der Waals surface area contributed by atoms with Crippen molar-refractivity contribution in [1.82, 2.24) is 10.3 Å². The largest absolute Gasteiger partial charge is 0.385 e. The highest BCUT2D eigenvalue weighted by molar-refractivity contribution is 5.93. The molecule has 1 atom stereocenters. The maximum absolute atomic E-state index is 11.9. The minimum absolute atomic E-state index is 0.0101. The number of hydrogen-bond acceptors (Lipinski definition) is 4. The quantitative estimate of drug-likeness (QED) is 0.773. The first-order valence-corrected chi connectivity index (χ1v) is 6.27. The van der Waals surface area contributed by atoms with Crippen molar-refractivity contribution in [3.05, 3.63) is 24.0 Å². The molecule has 0 bridgehead atoms. The van der Waals surface area contributed by atoms with E-state index in [-0.39, 0.29) is 12.0 Å². The van der Waals surface area contributed by atoms with Crippen LogP contribution in [0.25, 0.3) is 0 Å². The van der Waals surface area contributed by atoms with Gasteiger partial charge >= 0.3 is 0 Å². The first-order chi connectivity index (χ1) is 8.67. The lowest BCUT2D eigenvalue weighted by Gasteiger charge is -2.12. The fourth-order valence-electron chi connectivity index (χ4n) is 1.54. The Bertz CT molecular complexity index is 382. The van der Waals surface area contributed by atoms with Crippen LogP contribution in [0, 0.1) is 0 Å². The molecule has 100 valence electrons. The van der Waals surface area contributed by atoms with Crippen molar-refractivity contribution in [2.24, 2.45) is 0 Å². The lowest BCUT2D eigenvalue weighted by molar-refractivity contribution is 0.0693. The van der Waals surface area contributed by atoms with E-state index in [2.05, 4.69) is 15.6 Å². The Kier molecular flexibility index (Phi) is 6.14. The molecule has 1 aromatic rings. The van der Waals surface area contributed by atoms with Crippen molar-refractivity contribution >= 4 is 11.6 Å². The van der Waals surface area contributed by atoms with Gasteiger partial charge in [0.25, 0.3) is 5.91 Å². The topological polar surface area (TPSA) is 63.2 Å². The van der Waals surface area contributed by atoms with Crippen LogP contribution in [-0.2, 0) is 4.74 Å². The fraction of sp³-hybridized carbons (Fsp3) is 0.538. The molecule has 1 heterocycles. The second-order valence-electron chi connectivity index (χ2n) is 3.94. The third kappa shape index (κ3) is 4.71. The highest BCUT2D eigenvalue weighted by Crippen LogP contribution is 2.07. The number of anilines is 1. The molecular weight excluding hydrogens is 230 g/mol. The van der Waals surface area contributed by atoms with E-state index in [9.17, 15) is 4.79 Å². The monoisotopic (exact) mass is 251 g/mol. The van der Waals surface area contributed by atoms with Crippen molar-refractivity contribution in [2.75, 3.05) is 25.0 Å². The third-order valence-corrected chi connectivity index (χ3v) is 2.37. The second-order valence-corrected chi connectivity index (χ2v) is 3.94. The number of nitrogens with one attached hydrogen (secondary N) is 2. The summed E-state index contributed by atoms with van der Waals surface area (Å²) in [5.41, 5.74) is 1.31. The van der Waals surface area contributed by atoms with Gasteiger partial charge in [0.15, 0.2) is 0 Å². The Labute approximate surface area is 108 Å². The van der Waals surface area contributed by atoms with Crippen LogP contribution in [-0.4, -0.2) is 36.7 Å². The average Bonchev–Trinajstić information content (AvgIpc) is 2.37. The first-order valence-electron chi connectivity index (χ1n) is 6.27. The zero-order valence-corrected chi connectivity index (χ0v) is 11.2. The summed E-state index contributed by atoms with van der Waals surface area (Å²) in [4.78, 5) is 15.9. The minimum atomic E-state index is -0.179. The van der Waals surface area contributed by atoms with Crippen molar-refractivity contribution in [3.63, 3.8) is 0 Å². The van der Waals surface area contributed by atoms with Crippen LogP contribution in [0.2, 0.25) is 0 Å². The van der Waals surface area contributed by atoms with Crippen LogP contribution in [0.1, 0.15) is 31.3 Å². The van der Waals surface area contributed by atoms with E-state index in [1.807, 2.05) is 26.8 Å². The molecule has 18 heavy (non-hydrogen) atoms. The zero-order valence-electron chi connectivity index (χ0n) is 11.2. The average molecular weight is 251 g/mol. The van der Waals surface area contributed by atoms with Crippen LogP contribution < -0.4 is 10.6 Å². The van der Waals surface area contributed by atoms with E-state index in [4.69, 9.17) is 4.74 Å². The number of ether oxygens (including phenoxy) is 1. The lowest BCUT2D eigenvalue weighted by Crippen LogP contribution is -2.32. The number of rotatable bonds is 7. The maximum Gasteiger partial charge on any atom is 0.270 e. The Morgan fingerprint density at radius 2 is 2.28 bits per heavy atom. The van der Waals surface area contributed by atoms with Crippen molar-refractivity contribution in [2.45, 2.75) is 26.9 Å². The fourth-order valence-corrected chi connectivity index (χ4v) is 1.54. The van der Waals surface area contributed by atoms with Gasteiger partial charge in [0.1, 0.15) is 5.69 Å². The van der Waals surface area contributed by atoms with Gasteiger partial charge in [-0.2, -0.15) is 0 Å². The zero-order chi connectivity index (χ0) is 13.4. The Morgan fingerprint density at radius 1 is 1.50 bits per heavy atom. The van der Waals surface area contributed by atoms with Crippen LogP contribution in [0.3, 0.4) is 0 Å². The number of amides is 1. The predicted molar refractivity (Wildman–Crippen MR) is 71.8 cm³/mol. The standard InChI is InChI=1S/C13H21N3O2/c1-4-14-11-6-7-15-12(8-11)13(17)16-9-10(3)18-5-2/h6-8,10H,4-5,9H2,1-3H3,(H,14,15)(H,16,17). The predicted octanol–water partition coefficient (Wildman–Crippen LogP) is 1.67. The molecule has 0 aliphatic heterocycles. The molecule has 0 spiro atoms. The summed E-state index contributed by atoms with van der Waals surface area (Å²) in [5, 5.41) is 5.94. The SMILES string of the molecule is CCNc1ccnc(C(=O)NCC(C)OCC)c1. The number of aromatic nitrogens is 1. The van der Waals surface area contributed by atoms with Gasteiger partial charge in [-0.25, -0.2) is 0 Å². The second kappa shape index (κ2) is 7.66. The lowest BCUT2D eigenvalue weighted by atomic mass is 10.3. The number of hydrogen-bond donors (Lipinski definition) is 2. The molecule has 0 aromatic carbocycles. The number of pyridine rings is 1. The van der Waals surface area contributed by atoms with E-state index in [0.29, 0.717) is 18.8 Å². The van der Waals surface area contributed by atoms with Crippen molar-refractivity contribution < 1.29 is 9.53 Å². The van der Waals surface area contributed by atoms with Crippen molar-refractivity contribution in [1.29, 1.82) is 0 Å². The molecule has 0 fully saturated rings. The van der Waals surface area contributed by atoms with E-state index < -0.39 is 0 Å². The van der Waals surface area contributed by atoms with Gasteiger partial charge in [0.2, 0.25) is 0 Å². The molecule has 1 rings (SSSR count). The molecule has 5 nitrogen and oxygen atoms in total. The van der Waals surface area contributed by atoms with Gasteiger partial charge in [-0.3, -0.25) is 9.78 Å². The van der Waals surface area contributed by atoms with Gasteiger partial charge in [0.05, 0.1) is 6.10 Å². The summed E-state index contributed by atoms with van der Waals surface area (Å²) >= 11 is 0. The molecular formula is C13H21N3O2. The van der Waals surface area contributed by atoms with Crippen LogP contribution in [0.4, 0.5) is 5.69 Å². The summed E-state index contributed by atoms with van der Waals surface area (Å²) in [5.74, 6) is -0.179. The molecule has 1 unspecified atom stereocenters.